The summed E-state index contributed by atoms with van der Waals surface area (Å²) in [7, 11) is 0. The number of amides is 1. The van der Waals surface area contributed by atoms with E-state index in [1.807, 2.05) is 0 Å². The Bertz CT molecular complexity index is 485. The summed E-state index contributed by atoms with van der Waals surface area (Å²) >= 11 is 1.72. The highest BCUT2D eigenvalue weighted by molar-refractivity contribution is 7.09. The second-order valence-electron chi connectivity index (χ2n) is 5.58. The van der Waals surface area contributed by atoms with Gasteiger partial charge in [0.25, 0.3) is 0 Å². The molecule has 0 N–H and O–H groups in total. The lowest BCUT2D eigenvalue weighted by atomic mass is 10.3. The molecule has 0 aromatic carbocycles. The van der Waals surface area contributed by atoms with Crippen LogP contribution in [0.25, 0.3) is 0 Å². The van der Waals surface area contributed by atoms with Crippen LogP contribution in [0, 0.1) is 6.92 Å². The SMILES string of the molecule is Cc1nc(CN2CCN(CCN3CCOC3=O)CC2)cs1. The minimum atomic E-state index is -0.160. The second kappa shape index (κ2) is 6.72. The van der Waals surface area contributed by atoms with Gasteiger partial charge in [-0.2, -0.15) is 0 Å². The molecule has 0 aliphatic carbocycles. The zero-order valence-electron chi connectivity index (χ0n) is 12.5. The fourth-order valence-corrected chi connectivity index (χ4v) is 3.38. The lowest BCUT2D eigenvalue weighted by molar-refractivity contribution is 0.115. The number of cyclic esters (lactones) is 1. The molecule has 0 bridgehead atoms. The highest BCUT2D eigenvalue weighted by Gasteiger charge is 2.23. The minimum Gasteiger partial charge on any atom is -0.448 e. The molecule has 7 heteroatoms. The van der Waals surface area contributed by atoms with Crippen LogP contribution in [0.4, 0.5) is 4.79 Å². The fraction of sp³-hybridized carbons (Fsp3) is 0.714. The molecule has 1 aromatic rings. The van der Waals surface area contributed by atoms with Gasteiger partial charge in [-0.25, -0.2) is 9.78 Å². The van der Waals surface area contributed by atoms with Crippen LogP contribution in [0.15, 0.2) is 5.38 Å². The van der Waals surface area contributed by atoms with E-state index in [1.165, 1.54) is 5.69 Å². The second-order valence-corrected chi connectivity index (χ2v) is 6.64. The van der Waals surface area contributed by atoms with Crippen molar-refractivity contribution in [1.82, 2.24) is 19.7 Å². The number of piperazine rings is 1. The van der Waals surface area contributed by atoms with E-state index in [9.17, 15) is 4.79 Å². The third-order valence-corrected chi connectivity index (χ3v) is 4.87. The van der Waals surface area contributed by atoms with Crippen molar-refractivity contribution in [2.24, 2.45) is 0 Å². The van der Waals surface area contributed by atoms with Gasteiger partial charge in [-0.3, -0.25) is 9.80 Å². The summed E-state index contributed by atoms with van der Waals surface area (Å²) in [5.74, 6) is 0. The zero-order valence-corrected chi connectivity index (χ0v) is 13.3. The van der Waals surface area contributed by atoms with E-state index < -0.39 is 0 Å². The van der Waals surface area contributed by atoms with E-state index in [0.717, 1.165) is 57.4 Å². The maximum atomic E-state index is 11.4. The Kier molecular flexibility index (Phi) is 4.72. The topological polar surface area (TPSA) is 48.9 Å². The fourth-order valence-electron chi connectivity index (χ4n) is 2.77. The average Bonchev–Trinajstić information content (AvgIpc) is 3.07. The molecule has 0 saturated carbocycles. The highest BCUT2D eigenvalue weighted by Crippen LogP contribution is 2.12. The number of thiazole rings is 1. The van der Waals surface area contributed by atoms with Gasteiger partial charge < -0.3 is 9.64 Å². The Morgan fingerprint density at radius 2 is 1.95 bits per heavy atom. The number of carbonyl (C=O) groups is 1. The van der Waals surface area contributed by atoms with Gasteiger partial charge in [0.05, 0.1) is 17.2 Å². The molecule has 2 aliphatic heterocycles. The molecule has 2 aliphatic rings. The summed E-state index contributed by atoms with van der Waals surface area (Å²) < 4.78 is 4.95. The minimum absolute atomic E-state index is 0.160. The summed E-state index contributed by atoms with van der Waals surface area (Å²) in [6, 6.07) is 0. The quantitative estimate of drug-likeness (QED) is 0.813. The number of carbonyl (C=O) groups excluding carboxylic acids is 1. The van der Waals surface area contributed by atoms with Crippen molar-refractivity contribution in [3.8, 4) is 0 Å². The monoisotopic (exact) mass is 310 g/mol. The van der Waals surface area contributed by atoms with Crippen LogP contribution in [-0.2, 0) is 11.3 Å². The van der Waals surface area contributed by atoms with Crippen molar-refractivity contribution in [2.75, 3.05) is 52.4 Å². The summed E-state index contributed by atoms with van der Waals surface area (Å²) in [4.78, 5) is 22.6. The maximum Gasteiger partial charge on any atom is 0.409 e. The maximum absolute atomic E-state index is 11.4. The number of aromatic nitrogens is 1. The molecule has 3 heterocycles. The Balaban J connectivity index is 1.37. The molecule has 21 heavy (non-hydrogen) atoms. The van der Waals surface area contributed by atoms with Gasteiger partial charge in [0, 0.05) is 51.2 Å². The van der Waals surface area contributed by atoms with E-state index >= 15 is 0 Å². The first-order chi connectivity index (χ1) is 10.2. The van der Waals surface area contributed by atoms with E-state index in [-0.39, 0.29) is 6.09 Å². The zero-order chi connectivity index (χ0) is 14.7. The Morgan fingerprint density at radius 3 is 2.57 bits per heavy atom. The first-order valence-electron chi connectivity index (χ1n) is 7.48. The van der Waals surface area contributed by atoms with Crippen LogP contribution in [0.3, 0.4) is 0 Å². The first kappa shape index (κ1) is 14.7. The predicted octanol–water partition coefficient (Wildman–Crippen LogP) is 1.02. The summed E-state index contributed by atoms with van der Waals surface area (Å²) in [6.45, 7) is 10.3. The summed E-state index contributed by atoms with van der Waals surface area (Å²) in [5.41, 5.74) is 1.19. The number of rotatable bonds is 5. The Hall–Kier alpha value is -1.18. The van der Waals surface area contributed by atoms with Crippen molar-refractivity contribution < 1.29 is 9.53 Å². The number of hydrogen-bond donors (Lipinski definition) is 0. The third-order valence-electron chi connectivity index (χ3n) is 4.05. The molecule has 1 amide bonds. The van der Waals surface area contributed by atoms with Crippen LogP contribution < -0.4 is 0 Å². The predicted molar refractivity (Wildman–Crippen MR) is 81.5 cm³/mol. The van der Waals surface area contributed by atoms with Gasteiger partial charge in [-0.15, -0.1) is 11.3 Å². The number of aryl methyl sites for hydroxylation is 1. The van der Waals surface area contributed by atoms with Crippen molar-refractivity contribution in [2.45, 2.75) is 13.5 Å². The van der Waals surface area contributed by atoms with Crippen LogP contribution >= 0.6 is 11.3 Å². The van der Waals surface area contributed by atoms with Gasteiger partial charge in [0.1, 0.15) is 6.61 Å². The largest absolute Gasteiger partial charge is 0.448 e. The standard InChI is InChI=1S/C14H22N4O2S/c1-12-15-13(11-21-12)10-17-4-2-16(3-5-17)6-7-18-8-9-20-14(18)19/h11H,2-10H2,1H3. The van der Waals surface area contributed by atoms with Crippen molar-refractivity contribution in [1.29, 1.82) is 0 Å². The van der Waals surface area contributed by atoms with Gasteiger partial charge >= 0.3 is 6.09 Å². The number of nitrogens with zero attached hydrogens (tertiary/aromatic N) is 4. The molecule has 0 spiro atoms. The van der Waals surface area contributed by atoms with E-state index in [0.29, 0.717) is 6.61 Å². The Morgan fingerprint density at radius 1 is 1.19 bits per heavy atom. The molecule has 3 rings (SSSR count). The number of ether oxygens (including phenoxy) is 1. The summed E-state index contributed by atoms with van der Waals surface area (Å²) in [5, 5.41) is 3.29. The van der Waals surface area contributed by atoms with E-state index in [2.05, 4.69) is 27.1 Å². The first-order valence-corrected chi connectivity index (χ1v) is 8.36. The molecule has 1 aromatic heterocycles. The van der Waals surface area contributed by atoms with Gasteiger partial charge in [0.2, 0.25) is 0 Å². The third kappa shape index (κ3) is 3.93. The van der Waals surface area contributed by atoms with Crippen LogP contribution in [-0.4, -0.2) is 78.2 Å². The molecule has 116 valence electrons. The molecule has 0 radical (unpaired) electrons. The molecule has 0 atom stereocenters. The van der Waals surface area contributed by atoms with Gasteiger partial charge in [0.15, 0.2) is 0 Å². The molecule has 2 saturated heterocycles. The normalized spacial score (nSPS) is 21.0. The molecule has 6 nitrogen and oxygen atoms in total. The molecular weight excluding hydrogens is 288 g/mol. The van der Waals surface area contributed by atoms with Crippen LogP contribution in [0.5, 0.6) is 0 Å². The molecule has 2 fully saturated rings. The summed E-state index contributed by atoms with van der Waals surface area (Å²) in [6.07, 6.45) is -0.160. The van der Waals surface area contributed by atoms with Crippen molar-refractivity contribution in [3.05, 3.63) is 16.1 Å². The van der Waals surface area contributed by atoms with Crippen LogP contribution in [0.2, 0.25) is 0 Å². The average molecular weight is 310 g/mol. The van der Waals surface area contributed by atoms with Crippen LogP contribution in [0.1, 0.15) is 10.7 Å². The smallest absolute Gasteiger partial charge is 0.409 e. The van der Waals surface area contributed by atoms with Crippen molar-refractivity contribution in [3.63, 3.8) is 0 Å². The Labute approximate surface area is 129 Å². The van der Waals surface area contributed by atoms with E-state index in [1.54, 1.807) is 16.2 Å². The van der Waals surface area contributed by atoms with Gasteiger partial charge in [-0.1, -0.05) is 0 Å². The molecular formula is C14H22N4O2S. The van der Waals surface area contributed by atoms with E-state index in [4.69, 9.17) is 4.74 Å². The number of hydrogen-bond acceptors (Lipinski definition) is 6. The lowest BCUT2D eigenvalue weighted by Gasteiger charge is -2.34. The lowest BCUT2D eigenvalue weighted by Crippen LogP contribution is -2.48. The molecule has 0 unspecified atom stereocenters. The highest BCUT2D eigenvalue weighted by atomic mass is 32.1. The van der Waals surface area contributed by atoms with Gasteiger partial charge in [-0.05, 0) is 6.92 Å². The van der Waals surface area contributed by atoms with Crippen molar-refractivity contribution >= 4 is 17.4 Å².